The van der Waals surface area contributed by atoms with Crippen molar-refractivity contribution >= 4 is 23.4 Å². The summed E-state index contributed by atoms with van der Waals surface area (Å²) in [6.45, 7) is 20.0. The lowest BCUT2D eigenvalue weighted by Gasteiger charge is -2.42. The number of aliphatic imine (C=N–C) groups is 1. The molecular formula is C53H88N2O11. The van der Waals surface area contributed by atoms with Crippen LogP contribution in [0.5, 0.6) is 0 Å². The van der Waals surface area contributed by atoms with Crippen molar-refractivity contribution in [2.24, 2.45) is 40.5 Å². The van der Waals surface area contributed by atoms with E-state index in [-0.39, 0.29) is 42.4 Å². The summed E-state index contributed by atoms with van der Waals surface area (Å²) in [5.41, 5.74) is 2.53. The van der Waals surface area contributed by atoms with E-state index in [9.17, 15) is 29.7 Å². The number of piperidine rings is 1. The van der Waals surface area contributed by atoms with Crippen LogP contribution in [0.3, 0.4) is 0 Å². The van der Waals surface area contributed by atoms with E-state index in [0.717, 1.165) is 36.1 Å². The van der Waals surface area contributed by atoms with Crippen molar-refractivity contribution in [2.75, 3.05) is 34.9 Å². The van der Waals surface area contributed by atoms with E-state index in [1.54, 1.807) is 41.4 Å². The van der Waals surface area contributed by atoms with E-state index in [1.165, 1.54) is 4.90 Å². The Balaban J connectivity index is 1.83. The molecule has 0 spiro atoms. The zero-order valence-electron chi connectivity index (χ0n) is 42.6. The van der Waals surface area contributed by atoms with Gasteiger partial charge < -0.3 is 43.9 Å². The number of rotatable bonds is 25. The summed E-state index contributed by atoms with van der Waals surface area (Å²) in [5.74, 6) is -4.84. The normalized spacial score (nSPS) is 29.2. The zero-order chi connectivity index (χ0) is 49.3. The summed E-state index contributed by atoms with van der Waals surface area (Å²) in [6.07, 6.45) is 13.6. The highest BCUT2D eigenvalue weighted by Gasteiger charge is 2.53. The third-order valence-corrected chi connectivity index (χ3v) is 14.5. The number of likely N-dealkylation sites (tertiary alicyclic amines) is 1. The predicted octanol–water partition coefficient (Wildman–Crippen LogP) is 8.14. The molecule has 1 aliphatic carbocycles. The standard InChI is InChI=1S/C53H88N2O11/c1-14-15-16-19-35(5)45(62-11)32-41-24-22-39(9)53(61,66-41)50(58)51(59)55-27-18-17-20-42(55)52(60)65-44(36(6)30-40-23-25-43(56)46(31-40)63-12)26-21-34(4)29-38(8)48(57)49(64-13)47(54-10)37(7)28-33(2)3/h14-16,19,29,33-34,36-37,39-46,48-49,56-57,61H,1,17-18,20-28,30-32H2,2-13H3/b16-15+,35-19+,38-29+,54-47+/t34-,36+,37+,39+,40-,41-,42-,43+,44-,45-,46+,48+,49-,53+/m0/s1. The average molecular weight is 929 g/mol. The van der Waals surface area contributed by atoms with Gasteiger partial charge in [0.15, 0.2) is 0 Å². The number of esters is 1. The summed E-state index contributed by atoms with van der Waals surface area (Å²) in [4.78, 5) is 48.7. The lowest BCUT2D eigenvalue weighted by molar-refractivity contribution is -0.265. The Hall–Kier alpha value is -3.04. The Labute approximate surface area is 397 Å². The molecule has 1 amide bonds. The first kappa shape index (κ1) is 57.3. The van der Waals surface area contributed by atoms with Crippen LogP contribution >= 0.6 is 0 Å². The first-order chi connectivity index (χ1) is 31.3. The molecule has 1 saturated carbocycles. The lowest BCUT2D eigenvalue weighted by atomic mass is 9.78. The molecular weight excluding hydrogens is 841 g/mol. The minimum absolute atomic E-state index is 0.00370. The second-order valence-electron chi connectivity index (χ2n) is 20.2. The molecule has 0 radical (unpaired) electrons. The van der Waals surface area contributed by atoms with Gasteiger partial charge in [0.1, 0.15) is 24.4 Å². The average Bonchev–Trinajstić information content (AvgIpc) is 3.29. The second-order valence-corrected chi connectivity index (χ2v) is 20.2. The largest absolute Gasteiger partial charge is 0.461 e. The van der Waals surface area contributed by atoms with Gasteiger partial charge in [-0.2, -0.15) is 0 Å². The summed E-state index contributed by atoms with van der Waals surface area (Å²) in [7, 11) is 6.56. The van der Waals surface area contributed by atoms with E-state index in [1.807, 2.05) is 32.1 Å². The smallest absolute Gasteiger partial charge is 0.329 e. The third-order valence-electron chi connectivity index (χ3n) is 14.5. The van der Waals surface area contributed by atoms with Gasteiger partial charge in [0.2, 0.25) is 5.79 Å². The molecule has 0 aromatic rings. The summed E-state index contributed by atoms with van der Waals surface area (Å²) < 4.78 is 29.8. The van der Waals surface area contributed by atoms with Gasteiger partial charge in [0.25, 0.3) is 11.7 Å². The molecule has 14 atom stereocenters. The number of carbonyl (C=O) groups excluding carboxylic acids is 3. The number of amides is 1. The molecule has 0 aromatic heterocycles. The first-order valence-electron chi connectivity index (χ1n) is 24.8. The summed E-state index contributed by atoms with van der Waals surface area (Å²) >= 11 is 0. The van der Waals surface area contributed by atoms with Crippen LogP contribution in [0, 0.1) is 35.5 Å². The van der Waals surface area contributed by atoms with Crippen LogP contribution in [0.2, 0.25) is 0 Å². The molecule has 376 valence electrons. The number of ether oxygens (including phenoxy) is 5. The molecule has 0 unspecified atom stereocenters. The number of carbonyl (C=O) groups is 3. The van der Waals surface area contributed by atoms with E-state index in [0.29, 0.717) is 70.1 Å². The number of nitrogens with zero attached hydrogens (tertiary/aromatic N) is 2. The number of hydrogen-bond donors (Lipinski definition) is 3. The monoisotopic (exact) mass is 929 g/mol. The van der Waals surface area contributed by atoms with Crippen LogP contribution in [0.4, 0.5) is 0 Å². The molecule has 2 aliphatic heterocycles. The van der Waals surface area contributed by atoms with E-state index < -0.39 is 65.9 Å². The van der Waals surface area contributed by atoms with Crippen LogP contribution < -0.4 is 0 Å². The van der Waals surface area contributed by atoms with Crippen molar-refractivity contribution in [3.8, 4) is 0 Å². The topological polar surface area (TPSA) is 174 Å². The second kappa shape index (κ2) is 27.8. The summed E-state index contributed by atoms with van der Waals surface area (Å²) in [5, 5.41) is 34.0. The minimum atomic E-state index is -2.37. The summed E-state index contributed by atoms with van der Waals surface area (Å²) in [6, 6.07) is -1.01. The number of methoxy groups -OCH3 is 3. The van der Waals surface area contributed by atoms with Crippen molar-refractivity contribution in [2.45, 2.75) is 193 Å². The Morgan fingerprint density at radius 1 is 0.939 bits per heavy atom. The molecule has 0 bridgehead atoms. The molecule has 2 heterocycles. The van der Waals surface area contributed by atoms with Crippen molar-refractivity contribution < 1.29 is 53.4 Å². The maximum absolute atomic E-state index is 14.4. The van der Waals surface area contributed by atoms with Crippen LogP contribution in [0.25, 0.3) is 0 Å². The van der Waals surface area contributed by atoms with Crippen LogP contribution in [-0.4, -0.2) is 133 Å². The van der Waals surface area contributed by atoms with Gasteiger partial charge in [-0.3, -0.25) is 14.6 Å². The molecule has 13 nitrogen and oxygen atoms in total. The quantitative estimate of drug-likeness (QED) is 0.0265. The van der Waals surface area contributed by atoms with E-state index >= 15 is 0 Å². The maximum Gasteiger partial charge on any atom is 0.329 e. The number of ketones is 1. The highest BCUT2D eigenvalue weighted by Crippen LogP contribution is 2.38. The fraction of sp³-hybridized carbons (Fsp3) is 0.774. The molecule has 3 aliphatic rings. The minimum Gasteiger partial charge on any atom is -0.461 e. The van der Waals surface area contributed by atoms with Crippen LogP contribution in [0.15, 0.2) is 53.1 Å². The Kier molecular flexibility index (Phi) is 24.2. The fourth-order valence-electron chi connectivity index (χ4n) is 10.5. The maximum atomic E-state index is 14.4. The van der Waals surface area contributed by atoms with Gasteiger partial charge in [-0.25, -0.2) is 4.79 Å². The number of hydrogen-bond acceptors (Lipinski definition) is 12. The molecule has 13 heteroatoms. The van der Waals surface area contributed by atoms with Crippen LogP contribution in [-0.2, 0) is 38.1 Å². The van der Waals surface area contributed by atoms with Crippen molar-refractivity contribution in [1.29, 1.82) is 0 Å². The van der Waals surface area contributed by atoms with Gasteiger partial charge in [-0.1, -0.05) is 78.5 Å². The van der Waals surface area contributed by atoms with Crippen molar-refractivity contribution in [1.82, 2.24) is 4.90 Å². The number of aliphatic hydroxyl groups excluding tert-OH is 2. The van der Waals surface area contributed by atoms with Gasteiger partial charge in [-0.15, -0.1) is 0 Å². The fourth-order valence-corrected chi connectivity index (χ4v) is 10.5. The molecule has 66 heavy (non-hydrogen) atoms. The molecule has 3 fully saturated rings. The predicted molar refractivity (Wildman–Crippen MR) is 260 cm³/mol. The molecule has 3 rings (SSSR count). The molecule has 2 saturated heterocycles. The van der Waals surface area contributed by atoms with Crippen LogP contribution in [0.1, 0.15) is 139 Å². The Morgan fingerprint density at radius 2 is 1.65 bits per heavy atom. The number of aliphatic hydroxyl groups is 3. The highest BCUT2D eigenvalue weighted by molar-refractivity contribution is 6.39. The van der Waals surface area contributed by atoms with Crippen molar-refractivity contribution in [3.05, 3.63) is 48.1 Å². The SMILES string of the molecule is C=C/C=C/C=C(\C)[C@H](C[C@@H]1CC[C@@H](C)[C@](O)(C(=O)C(=O)N2CCCC[C@H]2C(=O)O[C@@H](CC[C@H](C)/C=C(\C)[C@@H](O)[C@@H](OC)/C(=N/C)[C@H](C)CC(C)C)[C@H](C)C[C@@H]2CC[C@@H](O)[C@H](OC)C2)O1)OC. The molecule has 3 N–H and O–H groups in total. The van der Waals surface area contributed by atoms with Gasteiger partial charge in [0.05, 0.1) is 24.4 Å². The van der Waals surface area contributed by atoms with E-state index in [2.05, 4.69) is 52.3 Å². The lowest BCUT2D eigenvalue weighted by Crippen LogP contribution is -2.61. The highest BCUT2D eigenvalue weighted by atomic mass is 16.6. The number of allylic oxidation sites excluding steroid dienone is 5. The Morgan fingerprint density at radius 3 is 2.27 bits per heavy atom. The number of Topliss-reactive ketones (excluding diaryl/α,β-unsaturated/α-hetero) is 1. The van der Waals surface area contributed by atoms with Crippen molar-refractivity contribution in [3.63, 3.8) is 0 Å². The first-order valence-corrected chi connectivity index (χ1v) is 24.8. The van der Waals surface area contributed by atoms with E-state index in [4.69, 9.17) is 23.7 Å². The zero-order valence-corrected chi connectivity index (χ0v) is 42.6. The molecule has 0 aromatic carbocycles. The van der Waals surface area contributed by atoms with Gasteiger partial charge >= 0.3 is 5.97 Å². The third kappa shape index (κ3) is 16.0. The Bertz CT molecular complexity index is 1670. The van der Waals surface area contributed by atoms with Gasteiger partial charge in [-0.05, 0) is 132 Å². The van der Waals surface area contributed by atoms with Gasteiger partial charge in [0, 0.05) is 53.0 Å².